The molecule has 0 aliphatic heterocycles. The van der Waals surface area contributed by atoms with Crippen LogP contribution in [-0.4, -0.2) is 19.0 Å². The van der Waals surface area contributed by atoms with Crippen molar-refractivity contribution in [1.82, 2.24) is 5.32 Å². The number of hydrogen-bond acceptors (Lipinski definition) is 2. The number of carbonyl (C=O) groups is 1. The van der Waals surface area contributed by atoms with E-state index < -0.39 is 5.41 Å². The van der Waals surface area contributed by atoms with E-state index in [1.54, 1.807) is 0 Å². The van der Waals surface area contributed by atoms with Crippen LogP contribution in [0.4, 0.5) is 0 Å². The summed E-state index contributed by atoms with van der Waals surface area (Å²) in [5.41, 5.74) is 10.5. The third kappa shape index (κ3) is 5.45. The molecule has 0 aromatic heterocycles. The molecule has 2 aromatic carbocycles. The molecule has 0 aliphatic rings. The maximum absolute atomic E-state index is 13.1. The Bertz CT molecular complexity index is 692. The molecule has 0 bridgehead atoms. The molecule has 0 unspecified atom stereocenters. The van der Waals surface area contributed by atoms with Gasteiger partial charge < -0.3 is 11.1 Å². The lowest BCUT2D eigenvalue weighted by Gasteiger charge is -2.32. The molecular formula is C25H36N2O. The van der Waals surface area contributed by atoms with Gasteiger partial charge in [0.25, 0.3) is 0 Å². The van der Waals surface area contributed by atoms with Gasteiger partial charge in [-0.2, -0.15) is 0 Å². The van der Waals surface area contributed by atoms with E-state index in [-0.39, 0.29) is 5.91 Å². The SMILES string of the molecule is CCNC(=O)C(CN)(Cc1ccc(C(C)C)cc1)Cc1ccc(C(C)C)cc1. The van der Waals surface area contributed by atoms with Crippen molar-refractivity contribution in [3.8, 4) is 0 Å². The molecule has 3 heteroatoms. The van der Waals surface area contributed by atoms with Crippen LogP contribution in [0.25, 0.3) is 0 Å². The van der Waals surface area contributed by atoms with Gasteiger partial charge >= 0.3 is 0 Å². The van der Waals surface area contributed by atoms with Crippen molar-refractivity contribution in [2.24, 2.45) is 11.1 Å². The monoisotopic (exact) mass is 380 g/mol. The van der Waals surface area contributed by atoms with Gasteiger partial charge in [-0.1, -0.05) is 76.2 Å². The van der Waals surface area contributed by atoms with Gasteiger partial charge in [0.2, 0.25) is 5.91 Å². The van der Waals surface area contributed by atoms with Gasteiger partial charge in [-0.15, -0.1) is 0 Å². The summed E-state index contributed by atoms with van der Waals surface area (Å²) in [6.07, 6.45) is 1.28. The normalized spacial score (nSPS) is 11.9. The summed E-state index contributed by atoms with van der Waals surface area (Å²) in [6, 6.07) is 17.2. The molecule has 0 atom stereocenters. The molecule has 3 N–H and O–H groups in total. The first-order valence-corrected chi connectivity index (χ1v) is 10.5. The van der Waals surface area contributed by atoms with E-state index >= 15 is 0 Å². The number of nitrogens with two attached hydrogens (primary N) is 1. The van der Waals surface area contributed by atoms with E-state index in [2.05, 4.69) is 81.5 Å². The Kier molecular flexibility index (Phi) is 7.82. The maximum atomic E-state index is 13.1. The molecular weight excluding hydrogens is 344 g/mol. The van der Waals surface area contributed by atoms with Gasteiger partial charge in [0.15, 0.2) is 0 Å². The molecule has 2 rings (SSSR count). The quantitative estimate of drug-likeness (QED) is 0.656. The number of amides is 1. The van der Waals surface area contributed by atoms with E-state index in [0.717, 1.165) is 11.1 Å². The van der Waals surface area contributed by atoms with Crippen molar-refractivity contribution in [2.75, 3.05) is 13.1 Å². The lowest BCUT2D eigenvalue weighted by molar-refractivity contribution is -0.130. The Balaban J connectivity index is 2.31. The fraction of sp³-hybridized carbons (Fsp3) is 0.480. The van der Waals surface area contributed by atoms with Crippen LogP contribution in [0.5, 0.6) is 0 Å². The van der Waals surface area contributed by atoms with E-state index in [4.69, 9.17) is 5.73 Å². The van der Waals surface area contributed by atoms with Crippen LogP contribution in [0.15, 0.2) is 48.5 Å². The number of hydrogen-bond donors (Lipinski definition) is 2. The van der Waals surface area contributed by atoms with Crippen molar-refractivity contribution >= 4 is 5.91 Å². The number of benzene rings is 2. The van der Waals surface area contributed by atoms with Gasteiger partial charge in [-0.05, 0) is 53.9 Å². The molecule has 0 saturated carbocycles. The van der Waals surface area contributed by atoms with Crippen molar-refractivity contribution in [3.05, 3.63) is 70.8 Å². The zero-order valence-electron chi connectivity index (χ0n) is 18.1. The van der Waals surface area contributed by atoms with Crippen LogP contribution in [0, 0.1) is 5.41 Å². The molecule has 0 fully saturated rings. The highest BCUT2D eigenvalue weighted by Crippen LogP contribution is 2.29. The highest BCUT2D eigenvalue weighted by molar-refractivity contribution is 5.83. The lowest BCUT2D eigenvalue weighted by atomic mass is 9.75. The molecule has 2 aromatic rings. The Morgan fingerprint density at radius 3 is 1.54 bits per heavy atom. The number of rotatable bonds is 9. The molecule has 0 radical (unpaired) electrons. The summed E-state index contributed by atoms with van der Waals surface area (Å²) in [5, 5.41) is 3.02. The smallest absolute Gasteiger partial charge is 0.228 e. The largest absolute Gasteiger partial charge is 0.356 e. The van der Waals surface area contributed by atoms with Gasteiger partial charge in [-0.3, -0.25) is 4.79 Å². The topological polar surface area (TPSA) is 55.1 Å². The number of carbonyl (C=O) groups excluding carboxylic acids is 1. The minimum absolute atomic E-state index is 0.0402. The zero-order chi connectivity index (χ0) is 20.7. The van der Waals surface area contributed by atoms with Crippen molar-refractivity contribution in [2.45, 2.75) is 59.3 Å². The second-order valence-corrected chi connectivity index (χ2v) is 8.49. The van der Waals surface area contributed by atoms with Crippen molar-refractivity contribution in [3.63, 3.8) is 0 Å². The minimum Gasteiger partial charge on any atom is -0.356 e. The first-order valence-electron chi connectivity index (χ1n) is 10.5. The van der Waals surface area contributed by atoms with Crippen LogP contribution >= 0.6 is 0 Å². The third-order valence-electron chi connectivity index (χ3n) is 5.59. The highest BCUT2D eigenvalue weighted by atomic mass is 16.2. The summed E-state index contributed by atoms with van der Waals surface area (Å²) in [6.45, 7) is 11.6. The predicted octanol–water partition coefficient (Wildman–Crippen LogP) is 4.80. The van der Waals surface area contributed by atoms with Gasteiger partial charge in [-0.25, -0.2) is 0 Å². The molecule has 1 amide bonds. The average Bonchev–Trinajstić information content (AvgIpc) is 2.68. The molecule has 152 valence electrons. The van der Waals surface area contributed by atoms with E-state index in [0.29, 0.717) is 37.8 Å². The summed E-state index contributed by atoms with van der Waals surface area (Å²) in [4.78, 5) is 13.1. The third-order valence-corrected chi connectivity index (χ3v) is 5.59. The molecule has 0 spiro atoms. The van der Waals surface area contributed by atoms with Crippen LogP contribution in [-0.2, 0) is 17.6 Å². The first kappa shape index (κ1) is 22.2. The maximum Gasteiger partial charge on any atom is 0.228 e. The van der Waals surface area contributed by atoms with Crippen LogP contribution in [0.2, 0.25) is 0 Å². The summed E-state index contributed by atoms with van der Waals surface area (Å²) >= 11 is 0. The second kappa shape index (κ2) is 9.88. The van der Waals surface area contributed by atoms with Crippen molar-refractivity contribution in [1.29, 1.82) is 0 Å². The lowest BCUT2D eigenvalue weighted by Crippen LogP contribution is -2.49. The van der Waals surface area contributed by atoms with E-state index in [1.807, 2.05) is 6.92 Å². The number of nitrogens with one attached hydrogen (secondary N) is 1. The highest BCUT2D eigenvalue weighted by Gasteiger charge is 2.37. The molecule has 28 heavy (non-hydrogen) atoms. The van der Waals surface area contributed by atoms with Crippen molar-refractivity contribution < 1.29 is 4.79 Å². The Labute approximate surface area is 170 Å². The molecule has 0 heterocycles. The van der Waals surface area contributed by atoms with Gasteiger partial charge in [0, 0.05) is 13.1 Å². The standard InChI is InChI=1S/C25H36N2O/c1-6-27-24(28)25(17-26,15-20-7-11-22(12-8-20)18(2)3)16-21-9-13-23(14-10-21)19(4)5/h7-14,18-19H,6,15-17,26H2,1-5H3,(H,27,28). The zero-order valence-corrected chi connectivity index (χ0v) is 18.1. The first-order chi connectivity index (χ1) is 13.3. The Morgan fingerprint density at radius 2 is 1.25 bits per heavy atom. The predicted molar refractivity (Wildman–Crippen MR) is 119 cm³/mol. The van der Waals surface area contributed by atoms with Crippen LogP contribution in [0.1, 0.15) is 68.7 Å². The van der Waals surface area contributed by atoms with E-state index in [9.17, 15) is 4.79 Å². The van der Waals surface area contributed by atoms with Crippen LogP contribution in [0.3, 0.4) is 0 Å². The minimum atomic E-state index is -0.644. The summed E-state index contributed by atoms with van der Waals surface area (Å²) in [7, 11) is 0. The Hall–Kier alpha value is -2.13. The molecule has 3 nitrogen and oxygen atoms in total. The van der Waals surface area contributed by atoms with Gasteiger partial charge in [0.05, 0.1) is 5.41 Å². The van der Waals surface area contributed by atoms with Crippen LogP contribution < -0.4 is 11.1 Å². The van der Waals surface area contributed by atoms with Gasteiger partial charge in [0.1, 0.15) is 0 Å². The average molecular weight is 381 g/mol. The fourth-order valence-corrected chi connectivity index (χ4v) is 3.63. The molecule has 0 aliphatic carbocycles. The second-order valence-electron chi connectivity index (χ2n) is 8.49. The summed E-state index contributed by atoms with van der Waals surface area (Å²) in [5.74, 6) is 1.03. The fourth-order valence-electron chi connectivity index (χ4n) is 3.63. The molecule has 0 saturated heterocycles. The summed E-state index contributed by atoms with van der Waals surface area (Å²) < 4.78 is 0. The Morgan fingerprint density at radius 1 is 0.857 bits per heavy atom. The van der Waals surface area contributed by atoms with E-state index in [1.165, 1.54) is 11.1 Å².